The van der Waals surface area contributed by atoms with Crippen LogP contribution in [0, 0.1) is 13.8 Å². The van der Waals surface area contributed by atoms with E-state index in [2.05, 4.69) is 5.32 Å². The molecule has 0 unspecified atom stereocenters. The minimum Gasteiger partial charge on any atom is -0.493 e. The van der Waals surface area contributed by atoms with Crippen LogP contribution in [-0.2, 0) is 17.8 Å². The van der Waals surface area contributed by atoms with E-state index in [1.807, 2.05) is 44.2 Å². The van der Waals surface area contributed by atoms with Crippen molar-refractivity contribution in [3.05, 3.63) is 98.3 Å². The summed E-state index contributed by atoms with van der Waals surface area (Å²) in [6.45, 7) is 3.85. The maximum atomic E-state index is 13.7. The maximum absolute atomic E-state index is 13.7. The van der Waals surface area contributed by atoms with Gasteiger partial charge in [-0.3, -0.25) is 9.59 Å². The smallest absolute Gasteiger partial charge is 0.278 e. The van der Waals surface area contributed by atoms with Crippen molar-refractivity contribution in [2.45, 2.75) is 26.8 Å². The summed E-state index contributed by atoms with van der Waals surface area (Å²) in [5.74, 6) is 1.11. The number of hydrogen-bond acceptors (Lipinski definition) is 4. The summed E-state index contributed by atoms with van der Waals surface area (Å²) in [6.07, 6.45) is 0.369. The summed E-state index contributed by atoms with van der Waals surface area (Å²) in [5, 5.41) is 3.36. The third-order valence-electron chi connectivity index (χ3n) is 6.17. The molecular weight excluding hydrogens is 466 g/mol. The van der Waals surface area contributed by atoms with Crippen molar-refractivity contribution < 1.29 is 14.3 Å². The Morgan fingerprint density at radius 2 is 1.89 bits per heavy atom. The molecular formula is C27H24ClN3O4. The van der Waals surface area contributed by atoms with Crippen LogP contribution in [0.15, 0.2) is 65.5 Å². The van der Waals surface area contributed by atoms with Gasteiger partial charge in [0.05, 0.1) is 18.4 Å². The lowest BCUT2D eigenvalue weighted by molar-refractivity contribution is -0.117. The first-order chi connectivity index (χ1) is 16.9. The SMILES string of the molecule is COc1cccc2c1Oc1c(c(=O)n(-c3ccc(C)c(C)c3)n1CC(=O)Nc1cccc(Cl)c1)C2. The Morgan fingerprint density at radius 1 is 1.09 bits per heavy atom. The van der Waals surface area contributed by atoms with E-state index < -0.39 is 0 Å². The lowest BCUT2D eigenvalue weighted by atomic mass is 10.0. The Kier molecular flexibility index (Phi) is 5.86. The number of aromatic nitrogens is 2. The Bertz CT molecular complexity index is 1520. The minimum absolute atomic E-state index is 0.144. The number of nitrogens with zero attached hydrogens (tertiary/aromatic N) is 2. The number of nitrogens with one attached hydrogen (secondary N) is 1. The fraction of sp³-hybridized carbons (Fsp3) is 0.185. The molecule has 0 saturated carbocycles. The van der Waals surface area contributed by atoms with Crippen LogP contribution >= 0.6 is 11.6 Å². The normalized spacial score (nSPS) is 11.9. The van der Waals surface area contributed by atoms with E-state index in [0.29, 0.717) is 45.8 Å². The van der Waals surface area contributed by atoms with Crippen molar-refractivity contribution in [3.8, 4) is 23.1 Å². The number of carbonyl (C=O) groups is 1. The van der Waals surface area contributed by atoms with E-state index >= 15 is 0 Å². The summed E-state index contributed by atoms with van der Waals surface area (Å²) in [7, 11) is 1.57. The molecule has 4 aromatic rings. The maximum Gasteiger partial charge on any atom is 0.278 e. The van der Waals surface area contributed by atoms with Crippen LogP contribution in [0.4, 0.5) is 5.69 Å². The number of benzene rings is 3. The molecule has 35 heavy (non-hydrogen) atoms. The third kappa shape index (κ3) is 4.19. The lowest BCUT2D eigenvalue weighted by Gasteiger charge is -2.21. The molecule has 2 heterocycles. The van der Waals surface area contributed by atoms with Crippen LogP contribution in [0.5, 0.6) is 17.4 Å². The van der Waals surface area contributed by atoms with Gasteiger partial charge in [0.1, 0.15) is 6.54 Å². The second-order valence-electron chi connectivity index (χ2n) is 8.51. The zero-order valence-corrected chi connectivity index (χ0v) is 20.3. The summed E-state index contributed by atoms with van der Waals surface area (Å²) in [6, 6.07) is 18.2. The fourth-order valence-electron chi connectivity index (χ4n) is 4.26. The number of carbonyl (C=O) groups excluding carboxylic acids is 1. The van der Waals surface area contributed by atoms with Gasteiger partial charge in [-0.2, -0.15) is 0 Å². The molecule has 1 amide bonds. The quantitative estimate of drug-likeness (QED) is 0.366. The van der Waals surface area contributed by atoms with Gasteiger partial charge in [-0.25, -0.2) is 9.36 Å². The summed E-state index contributed by atoms with van der Waals surface area (Å²) in [4.78, 5) is 26.8. The molecule has 0 aliphatic carbocycles. The molecule has 0 radical (unpaired) electrons. The molecule has 0 spiro atoms. The molecule has 1 N–H and O–H groups in total. The number of methoxy groups -OCH3 is 1. The highest BCUT2D eigenvalue weighted by Crippen LogP contribution is 2.41. The molecule has 0 atom stereocenters. The van der Waals surface area contributed by atoms with Crippen molar-refractivity contribution in [3.63, 3.8) is 0 Å². The van der Waals surface area contributed by atoms with Crippen LogP contribution < -0.4 is 20.3 Å². The number of anilines is 1. The van der Waals surface area contributed by atoms with Gasteiger partial charge < -0.3 is 14.8 Å². The van der Waals surface area contributed by atoms with Crippen molar-refractivity contribution in [2.24, 2.45) is 0 Å². The second kappa shape index (κ2) is 9.00. The van der Waals surface area contributed by atoms with Crippen LogP contribution in [0.3, 0.4) is 0 Å². The molecule has 0 fully saturated rings. The summed E-state index contributed by atoms with van der Waals surface area (Å²) < 4.78 is 14.8. The van der Waals surface area contributed by atoms with Gasteiger partial charge in [-0.15, -0.1) is 0 Å². The molecule has 1 aliphatic heterocycles. The number of halogens is 1. The van der Waals surface area contributed by atoms with Gasteiger partial charge >= 0.3 is 0 Å². The van der Waals surface area contributed by atoms with E-state index in [0.717, 1.165) is 16.7 Å². The molecule has 0 bridgehead atoms. The molecule has 1 aromatic heterocycles. The number of para-hydroxylation sites is 1. The Morgan fingerprint density at radius 3 is 2.63 bits per heavy atom. The molecule has 5 rings (SSSR count). The molecule has 178 valence electrons. The highest BCUT2D eigenvalue weighted by atomic mass is 35.5. The van der Waals surface area contributed by atoms with E-state index in [1.54, 1.807) is 42.1 Å². The van der Waals surface area contributed by atoms with Gasteiger partial charge in [-0.05, 0) is 61.4 Å². The zero-order chi connectivity index (χ0) is 24.7. The monoisotopic (exact) mass is 489 g/mol. The van der Waals surface area contributed by atoms with Crippen LogP contribution in [-0.4, -0.2) is 22.4 Å². The molecule has 1 aliphatic rings. The first-order valence-electron chi connectivity index (χ1n) is 11.2. The number of amides is 1. The molecule has 0 saturated heterocycles. The van der Waals surface area contributed by atoms with Crippen molar-refractivity contribution >= 4 is 23.2 Å². The Hall–Kier alpha value is -3.97. The minimum atomic E-state index is -0.322. The third-order valence-corrected chi connectivity index (χ3v) is 6.40. The van der Waals surface area contributed by atoms with Crippen molar-refractivity contribution in [2.75, 3.05) is 12.4 Å². The molecule has 3 aromatic carbocycles. The standard InChI is InChI=1S/C27H24ClN3O4/c1-16-10-11-21(12-17(16)2)31-26(33)22-13-18-6-4-9-23(34-3)25(18)35-27(22)30(31)15-24(32)29-20-8-5-7-19(28)14-20/h4-12,14H,13,15H2,1-3H3,(H,29,32). The predicted octanol–water partition coefficient (Wildman–Crippen LogP) is 5.25. The number of ether oxygens (including phenoxy) is 2. The first kappa shape index (κ1) is 22.8. The Balaban J connectivity index is 1.62. The van der Waals surface area contributed by atoms with Crippen molar-refractivity contribution in [1.82, 2.24) is 9.36 Å². The van der Waals surface area contributed by atoms with E-state index in [-0.39, 0.29) is 18.0 Å². The average Bonchev–Trinajstić information content (AvgIpc) is 3.09. The fourth-order valence-corrected chi connectivity index (χ4v) is 4.45. The average molecular weight is 490 g/mol. The first-order valence-corrected chi connectivity index (χ1v) is 11.5. The van der Waals surface area contributed by atoms with Gasteiger partial charge in [0.15, 0.2) is 11.5 Å². The highest BCUT2D eigenvalue weighted by Gasteiger charge is 2.30. The van der Waals surface area contributed by atoms with Gasteiger partial charge in [0.25, 0.3) is 5.56 Å². The van der Waals surface area contributed by atoms with Gasteiger partial charge in [-0.1, -0.05) is 35.9 Å². The van der Waals surface area contributed by atoms with Gasteiger partial charge in [0, 0.05) is 22.7 Å². The molecule has 7 nitrogen and oxygen atoms in total. The largest absolute Gasteiger partial charge is 0.493 e. The summed E-state index contributed by atoms with van der Waals surface area (Å²) >= 11 is 6.06. The van der Waals surface area contributed by atoms with Crippen LogP contribution in [0.1, 0.15) is 22.3 Å². The van der Waals surface area contributed by atoms with Crippen LogP contribution in [0.2, 0.25) is 5.02 Å². The lowest BCUT2D eigenvalue weighted by Crippen LogP contribution is -2.27. The van der Waals surface area contributed by atoms with Crippen molar-refractivity contribution in [1.29, 1.82) is 0 Å². The second-order valence-corrected chi connectivity index (χ2v) is 8.95. The van der Waals surface area contributed by atoms with E-state index in [9.17, 15) is 9.59 Å². The topological polar surface area (TPSA) is 74.5 Å². The number of fused-ring (bicyclic) bond motifs is 2. The number of hydrogen-bond donors (Lipinski definition) is 1. The zero-order valence-electron chi connectivity index (χ0n) is 19.6. The van der Waals surface area contributed by atoms with E-state index in [1.165, 1.54) is 4.68 Å². The van der Waals surface area contributed by atoms with E-state index in [4.69, 9.17) is 21.1 Å². The Labute approximate surface area is 207 Å². The number of aryl methyl sites for hydroxylation is 2. The summed E-state index contributed by atoms with van der Waals surface area (Å²) in [5.41, 5.74) is 4.47. The predicted molar refractivity (Wildman–Crippen MR) is 135 cm³/mol. The van der Waals surface area contributed by atoms with Crippen LogP contribution in [0.25, 0.3) is 5.69 Å². The number of rotatable bonds is 5. The highest BCUT2D eigenvalue weighted by molar-refractivity contribution is 6.30. The molecule has 8 heteroatoms. The van der Waals surface area contributed by atoms with Gasteiger partial charge in [0.2, 0.25) is 11.8 Å².